The molecule has 2 aromatic rings. The van der Waals surface area contributed by atoms with Crippen LogP contribution < -0.4 is 4.74 Å². The van der Waals surface area contributed by atoms with Crippen molar-refractivity contribution in [1.29, 1.82) is 0 Å². The third kappa shape index (κ3) is 2.34. The van der Waals surface area contributed by atoms with Gasteiger partial charge in [-0.1, -0.05) is 20.8 Å². The van der Waals surface area contributed by atoms with E-state index in [2.05, 4.69) is 30.3 Å². The molecule has 2 rings (SSSR count). The van der Waals surface area contributed by atoms with Gasteiger partial charge in [0.25, 0.3) is 0 Å². The number of aromatic amines is 1. The quantitative estimate of drug-likeness (QED) is 0.833. The topological polar surface area (TPSA) is 29.9 Å². The standard InChI is InChI=1S/C14H18N2OS/c1-14(2,3)12-9-15-13(18)16(12)10-5-7-11(17-4)8-6-10/h5-9H,1-4H3,(H,15,18). The molecule has 96 valence electrons. The van der Waals surface area contributed by atoms with Crippen LogP contribution in [0.3, 0.4) is 0 Å². The smallest absolute Gasteiger partial charge is 0.182 e. The lowest BCUT2D eigenvalue weighted by Gasteiger charge is -2.20. The average Bonchev–Trinajstić information content (AvgIpc) is 2.71. The van der Waals surface area contributed by atoms with Crippen molar-refractivity contribution in [1.82, 2.24) is 9.55 Å². The van der Waals surface area contributed by atoms with E-state index in [1.165, 1.54) is 0 Å². The molecule has 1 N–H and O–H groups in total. The molecule has 4 heteroatoms. The molecule has 0 aliphatic heterocycles. The van der Waals surface area contributed by atoms with Crippen LogP contribution in [-0.2, 0) is 5.41 Å². The predicted octanol–water partition coefficient (Wildman–Crippen LogP) is 3.84. The minimum absolute atomic E-state index is 0.0352. The Morgan fingerprint density at radius 3 is 2.28 bits per heavy atom. The second-order valence-corrected chi connectivity index (χ2v) is 5.65. The van der Waals surface area contributed by atoms with E-state index < -0.39 is 0 Å². The summed E-state index contributed by atoms with van der Waals surface area (Å²) in [4.78, 5) is 3.12. The summed E-state index contributed by atoms with van der Waals surface area (Å²) in [6.45, 7) is 6.51. The lowest BCUT2D eigenvalue weighted by molar-refractivity contribution is 0.414. The summed E-state index contributed by atoms with van der Waals surface area (Å²) in [5.41, 5.74) is 2.25. The van der Waals surface area contributed by atoms with Gasteiger partial charge in [0.2, 0.25) is 0 Å². The maximum Gasteiger partial charge on any atom is 0.182 e. The Bertz CT molecular complexity index is 587. The van der Waals surface area contributed by atoms with Crippen molar-refractivity contribution in [2.75, 3.05) is 7.11 Å². The van der Waals surface area contributed by atoms with Crippen LogP contribution in [0, 0.1) is 4.77 Å². The van der Waals surface area contributed by atoms with E-state index in [0.717, 1.165) is 17.1 Å². The largest absolute Gasteiger partial charge is 0.497 e. The fourth-order valence-electron chi connectivity index (χ4n) is 1.91. The van der Waals surface area contributed by atoms with E-state index in [1.807, 2.05) is 30.5 Å². The van der Waals surface area contributed by atoms with Crippen molar-refractivity contribution in [2.24, 2.45) is 0 Å². The SMILES string of the molecule is COc1ccc(-n2c(C(C)(C)C)c[nH]c2=S)cc1. The number of aromatic nitrogens is 2. The average molecular weight is 262 g/mol. The zero-order chi connectivity index (χ0) is 13.3. The van der Waals surface area contributed by atoms with Crippen molar-refractivity contribution in [3.05, 3.63) is 40.9 Å². The van der Waals surface area contributed by atoms with Crippen molar-refractivity contribution in [2.45, 2.75) is 26.2 Å². The number of benzene rings is 1. The summed E-state index contributed by atoms with van der Waals surface area (Å²) >= 11 is 5.36. The summed E-state index contributed by atoms with van der Waals surface area (Å²) in [7, 11) is 1.66. The molecular formula is C14H18N2OS. The Morgan fingerprint density at radius 1 is 1.17 bits per heavy atom. The number of ether oxygens (including phenoxy) is 1. The number of H-pyrrole nitrogens is 1. The van der Waals surface area contributed by atoms with Crippen LogP contribution >= 0.6 is 12.2 Å². The van der Waals surface area contributed by atoms with Gasteiger partial charge < -0.3 is 9.72 Å². The summed E-state index contributed by atoms with van der Waals surface area (Å²) in [6, 6.07) is 7.91. The Balaban J connectivity index is 2.56. The van der Waals surface area contributed by atoms with E-state index >= 15 is 0 Å². The molecule has 0 radical (unpaired) electrons. The Morgan fingerprint density at radius 2 is 1.78 bits per heavy atom. The Hall–Kier alpha value is -1.55. The summed E-state index contributed by atoms with van der Waals surface area (Å²) in [5, 5.41) is 0. The van der Waals surface area contributed by atoms with Gasteiger partial charge in [-0.25, -0.2) is 0 Å². The van der Waals surface area contributed by atoms with Gasteiger partial charge in [0.15, 0.2) is 4.77 Å². The summed E-state index contributed by atoms with van der Waals surface area (Å²) in [6.07, 6.45) is 1.98. The van der Waals surface area contributed by atoms with Crippen LogP contribution in [0.25, 0.3) is 5.69 Å². The van der Waals surface area contributed by atoms with Crippen LogP contribution in [0.15, 0.2) is 30.5 Å². The molecule has 0 saturated carbocycles. The number of hydrogen-bond donors (Lipinski definition) is 1. The van der Waals surface area contributed by atoms with E-state index in [1.54, 1.807) is 7.11 Å². The molecule has 1 heterocycles. The monoisotopic (exact) mass is 262 g/mol. The van der Waals surface area contributed by atoms with Crippen LogP contribution in [0.2, 0.25) is 0 Å². The van der Waals surface area contributed by atoms with Crippen molar-refractivity contribution in [3.8, 4) is 11.4 Å². The van der Waals surface area contributed by atoms with Crippen LogP contribution in [0.4, 0.5) is 0 Å². The van der Waals surface area contributed by atoms with E-state index in [4.69, 9.17) is 17.0 Å². The highest BCUT2D eigenvalue weighted by Crippen LogP contribution is 2.26. The molecule has 3 nitrogen and oxygen atoms in total. The molecule has 0 fully saturated rings. The van der Waals surface area contributed by atoms with Crippen molar-refractivity contribution < 1.29 is 4.74 Å². The highest BCUT2D eigenvalue weighted by molar-refractivity contribution is 7.71. The molecule has 0 spiro atoms. The predicted molar refractivity (Wildman–Crippen MR) is 76.2 cm³/mol. The highest BCUT2D eigenvalue weighted by Gasteiger charge is 2.20. The molecule has 18 heavy (non-hydrogen) atoms. The summed E-state index contributed by atoms with van der Waals surface area (Å²) < 4.78 is 7.95. The fraction of sp³-hybridized carbons (Fsp3) is 0.357. The first kappa shape index (κ1) is 12.9. The highest BCUT2D eigenvalue weighted by atomic mass is 32.1. The number of nitrogens with zero attached hydrogens (tertiary/aromatic N) is 1. The molecule has 0 bridgehead atoms. The minimum Gasteiger partial charge on any atom is -0.497 e. The first-order chi connectivity index (χ1) is 8.43. The lowest BCUT2D eigenvalue weighted by atomic mass is 9.92. The molecular weight excluding hydrogens is 244 g/mol. The van der Waals surface area contributed by atoms with Crippen molar-refractivity contribution in [3.63, 3.8) is 0 Å². The number of imidazole rings is 1. The van der Waals surface area contributed by atoms with Gasteiger partial charge >= 0.3 is 0 Å². The van der Waals surface area contributed by atoms with E-state index in [9.17, 15) is 0 Å². The fourth-order valence-corrected chi connectivity index (χ4v) is 2.17. The molecule has 0 unspecified atom stereocenters. The van der Waals surface area contributed by atoms with Gasteiger partial charge in [-0.3, -0.25) is 4.57 Å². The Labute approximate surface area is 112 Å². The molecule has 1 aromatic heterocycles. The molecule has 0 aliphatic rings. The van der Waals surface area contributed by atoms with Gasteiger partial charge in [-0.15, -0.1) is 0 Å². The minimum atomic E-state index is 0.0352. The van der Waals surface area contributed by atoms with Gasteiger partial charge in [0, 0.05) is 23.0 Å². The number of hydrogen-bond acceptors (Lipinski definition) is 2. The second-order valence-electron chi connectivity index (χ2n) is 5.26. The van der Waals surface area contributed by atoms with Crippen LogP contribution in [-0.4, -0.2) is 16.7 Å². The van der Waals surface area contributed by atoms with Crippen LogP contribution in [0.5, 0.6) is 5.75 Å². The molecule has 0 saturated heterocycles. The van der Waals surface area contributed by atoms with Crippen molar-refractivity contribution >= 4 is 12.2 Å². The molecule has 1 aromatic carbocycles. The molecule has 0 aliphatic carbocycles. The normalized spacial score (nSPS) is 11.6. The van der Waals surface area contributed by atoms with Crippen LogP contribution in [0.1, 0.15) is 26.5 Å². The maximum atomic E-state index is 5.36. The second kappa shape index (κ2) is 4.61. The maximum absolute atomic E-state index is 5.36. The molecule has 0 amide bonds. The zero-order valence-corrected chi connectivity index (χ0v) is 12.0. The third-order valence-electron chi connectivity index (χ3n) is 2.88. The number of nitrogens with one attached hydrogen (secondary N) is 1. The van der Waals surface area contributed by atoms with E-state index in [-0.39, 0.29) is 5.41 Å². The number of rotatable bonds is 2. The zero-order valence-electron chi connectivity index (χ0n) is 11.2. The van der Waals surface area contributed by atoms with Gasteiger partial charge in [-0.2, -0.15) is 0 Å². The van der Waals surface area contributed by atoms with Gasteiger partial charge in [0.05, 0.1) is 7.11 Å². The number of methoxy groups -OCH3 is 1. The first-order valence-corrected chi connectivity index (χ1v) is 6.29. The lowest BCUT2D eigenvalue weighted by Crippen LogP contribution is -2.16. The summed E-state index contributed by atoms with van der Waals surface area (Å²) in [5.74, 6) is 0.845. The third-order valence-corrected chi connectivity index (χ3v) is 3.18. The molecule has 0 atom stereocenters. The van der Waals surface area contributed by atoms with E-state index in [0.29, 0.717) is 4.77 Å². The first-order valence-electron chi connectivity index (χ1n) is 5.89. The Kier molecular flexibility index (Phi) is 3.30. The van der Waals surface area contributed by atoms with Gasteiger partial charge in [0.1, 0.15) is 5.75 Å². The van der Waals surface area contributed by atoms with Gasteiger partial charge in [-0.05, 0) is 36.5 Å².